The molecule has 1 aromatic rings. The molecule has 1 rings (SSSR count). The lowest BCUT2D eigenvalue weighted by Gasteiger charge is -2.13. The molecule has 0 radical (unpaired) electrons. The minimum absolute atomic E-state index is 0.393. The second-order valence-electron chi connectivity index (χ2n) is 3.00. The predicted octanol–water partition coefficient (Wildman–Crippen LogP) is -0.0818. The van der Waals surface area contributed by atoms with Gasteiger partial charge in [0.2, 0.25) is 5.91 Å². The zero-order chi connectivity index (χ0) is 10.7. The van der Waals surface area contributed by atoms with Gasteiger partial charge in [0.15, 0.2) is 0 Å². The number of carbonyl (C=O) groups excluding carboxylic acids is 1. The first-order valence-corrected chi connectivity index (χ1v) is 4.58. The number of aromatic nitrogens is 2. The third-order valence-electron chi connectivity index (χ3n) is 2.09. The summed E-state index contributed by atoms with van der Waals surface area (Å²) in [5, 5.41) is 7.42. The highest BCUT2D eigenvalue weighted by molar-refractivity contribution is 6.31. The molecule has 1 unspecified atom stereocenters. The Morgan fingerprint density at radius 2 is 2.50 bits per heavy atom. The van der Waals surface area contributed by atoms with Crippen LogP contribution in [-0.2, 0) is 11.3 Å². The third-order valence-corrected chi connectivity index (χ3v) is 2.46. The number of hydrogen-bond donors (Lipinski definition) is 2. The number of primary amides is 1. The van der Waals surface area contributed by atoms with E-state index in [1.165, 1.54) is 0 Å². The summed E-state index contributed by atoms with van der Waals surface area (Å²) in [6, 6.07) is -0.426. The minimum Gasteiger partial charge on any atom is -0.368 e. The van der Waals surface area contributed by atoms with Gasteiger partial charge in [-0.2, -0.15) is 5.10 Å². The normalized spacial score (nSPS) is 12.8. The Hall–Kier alpha value is -1.07. The Morgan fingerprint density at radius 1 is 1.86 bits per heavy atom. The van der Waals surface area contributed by atoms with E-state index in [0.717, 1.165) is 5.69 Å². The standard InChI is InChI=1S/C8H13ClN4O/c1-5-6(9)3-12-13(5)4-7(11-2)8(10)14/h3,7,11H,4H2,1-2H3,(H2,10,14). The van der Waals surface area contributed by atoms with Crippen molar-refractivity contribution in [1.29, 1.82) is 0 Å². The molecular formula is C8H13ClN4O. The first-order valence-electron chi connectivity index (χ1n) is 4.20. The van der Waals surface area contributed by atoms with Crippen LogP contribution in [0.25, 0.3) is 0 Å². The van der Waals surface area contributed by atoms with E-state index >= 15 is 0 Å². The van der Waals surface area contributed by atoms with Gasteiger partial charge in [0, 0.05) is 0 Å². The zero-order valence-corrected chi connectivity index (χ0v) is 8.88. The second kappa shape index (κ2) is 4.43. The molecule has 6 heteroatoms. The Kier molecular flexibility index (Phi) is 3.49. The third kappa shape index (κ3) is 2.24. The summed E-state index contributed by atoms with van der Waals surface area (Å²) in [4.78, 5) is 10.9. The molecule has 1 amide bonds. The summed E-state index contributed by atoms with van der Waals surface area (Å²) in [5.74, 6) is -0.404. The zero-order valence-electron chi connectivity index (χ0n) is 8.12. The molecule has 0 saturated carbocycles. The Labute approximate surface area is 87.2 Å². The molecule has 0 fully saturated rings. The van der Waals surface area contributed by atoms with Gasteiger partial charge in [0.05, 0.1) is 23.5 Å². The molecule has 0 aromatic carbocycles. The van der Waals surface area contributed by atoms with Gasteiger partial charge in [-0.1, -0.05) is 11.6 Å². The maximum atomic E-state index is 10.9. The van der Waals surface area contributed by atoms with Crippen LogP contribution in [-0.4, -0.2) is 28.8 Å². The fraction of sp³-hybridized carbons (Fsp3) is 0.500. The highest BCUT2D eigenvalue weighted by atomic mass is 35.5. The van der Waals surface area contributed by atoms with Crippen LogP contribution < -0.4 is 11.1 Å². The molecule has 1 aromatic heterocycles. The van der Waals surface area contributed by atoms with E-state index in [2.05, 4.69) is 10.4 Å². The highest BCUT2D eigenvalue weighted by Crippen LogP contribution is 2.13. The number of nitrogens with zero attached hydrogens (tertiary/aromatic N) is 2. The van der Waals surface area contributed by atoms with Crippen molar-refractivity contribution in [1.82, 2.24) is 15.1 Å². The fourth-order valence-corrected chi connectivity index (χ4v) is 1.25. The lowest BCUT2D eigenvalue weighted by Crippen LogP contribution is -2.42. The molecule has 1 heterocycles. The predicted molar refractivity (Wildman–Crippen MR) is 54.0 cm³/mol. The topological polar surface area (TPSA) is 72.9 Å². The van der Waals surface area contributed by atoms with E-state index in [1.807, 2.05) is 6.92 Å². The van der Waals surface area contributed by atoms with Gasteiger partial charge < -0.3 is 11.1 Å². The van der Waals surface area contributed by atoms with Crippen molar-refractivity contribution >= 4 is 17.5 Å². The van der Waals surface area contributed by atoms with Gasteiger partial charge in [0.25, 0.3) is 0 Å². The molecule has 5 nitrogen and oxygen atoms in total. The van der Waals surface area contributed by atoms with E-state index in [1.54, 1.807) is 17.9 Å². The first-order chi connectivity index (χ1) is 6.56. The van der Waals surface area contributed by atoms with E-state index < -0.39 is 11.9 Å². The van der Waals surface area contributed by atoms with Gasteiger partial charge >= 0.3 is 0 Å². The van der Waals surface area contributed by atoms with Crippen molar-refractivity contribution in [2.45, 2.75) is 19.5 Å². The highest BCUT2D eigenvalue weighted by Gasteiger charge is 2.15. The van der Waals surface area contributed by atoms with Crippen LogP contribution in [0.1, 0.15) is 5.69 Å². The van der Waals surface area contributed by atoms with Gasteiger partial charge in [0.1, 0.15) is 6.04 Å². The fourth-order valence-electron chi connectivity index (χ4n) is 1.10. The quantitative estimate of drug-likeness (QED) is 0.740. The number of likely N-dealkylation sites (N-methyl/N-ethyl adjacent to an activating group) is 1. The minimum atomic E-state index is -0.426. The van der Waals surface area contributed by atoms with E-state index in [9.17, 15) is 4.79 Å². The molecule has 0 aliphatic carbocycles. The number of nitrogens with two attached hydrogens (primary N) is 1. The molecule has 0 spiro atoms. The van der Waals surface area contributed by atoms with E-state index in [0.29, 0.717) is 11.6 Å². The molecule has 0 aliphatic rings. The van der Waals surface area contributed by atoms with Crippen LogP contribution in [0, 0.1) is 6.92 Å². The number of carbonyl (C=O) groups is 1. The molecule has 14 heavy (non-hydrogen) atoms. The lowest BCUT2D eigenvalue weighted by atomic mass is 10.3. The number of hydrogen-bond acceptors (Lipinski definition) is 3. The molecule has 78 valence electrons. The first kappa shape index (κ1) is 11.0. The van der Waals surface area contributed by atoms with Crippen molar-refractivity contribution in [3.05, 3.63) is 16.9 Å². The largest absolute Gasteiger partial charge is 0.368 e. The van der Waals surface area contributed by atoms with Crippen molar-refractivity contribution in [2.75, 3.05) is 7.05 Å². The summed E-state index contributed by atoms with van der Waals surface area (Å²) in [6.45, 7) is 2.23. The molecule has 3 N–H and O–H groups in total. The van der Waals surface area contributed by atoms with Crippen molar-refractivity contribution < 1.29 is 4.79 Å². The molecule has 0 aliphatic heterocycles. The van der Waals surface area contributed by atoms with Gasteiger partial charge in [-0.25, -0.2) is 0 Å². The smallest absolute Gasteiger partial charge is 0.236 e. The molecule has 1 atom stereocenters. The number of amides is 1. The van der Waals surface area contributed by atoms with Crippen LogP contribution in [0.3, 0.4) is 0 Å². The van der Waals surface area contributed by atoms with E-state index in [4.69, 9.17) is 17.3 Å². The SMILES string of the molecule is CNC(Cn1ncc(Cl)c1C)C(N)=O. The van der Waals surface area contributed by atoms with Crippen LogP contribution >= 0.6 is 11.6 Å². The van der Waals surface area contributed by atoms with Crippen LogP contribution in [0.5, 0.6) is 0 Å². The summed E-state index contributed by atoms with van der Waals surface area (Å²) in [7, 11) is 1.68. The van der Waals surface area contributed by atoms with Crippen molar-refractivity contribution in [2.24, 2.45) is 5.73 Å². The van der Waals surface area contributed by atoms with Crippen LogP contribution in [0.15, 0.2) is 6.20 Å². The molecule has 0 saturated heterocycles. The maximum absolute atomic E-state index is 10.9. The van der Waals surface area contributed by atoms with E-state index in [-0.39, 0.29) is 0 Å². The average molecular weight is 217 g/mol. The Balaban J connectivity index is 2.77. The van der Waals surface area contributed by atoms with Crippen molar-refractivity contribution in [3.8, 4) is 0 Å². The van der Waals surface area contributed by atoms with Crippen molar-refractivity contribution in [3.63, 3.8) is 0 Å². The summed E-state index contributed by atoms with van der Waals surface area (Å²) < 4.78 is 1.65. The lowest BCUT2D eigenvalue weighted by molar-refractivity contribution is -0.120. The van der Waals surface area contributed by atoms with Gasteiger partial charge in [-0.15, -0.1) is 0 Å². The maximum Gasteiger partial charge on any atom is 0.236 e. The summed E-state index contributed by atoms with van der Waals surface area (Å²) in [5.41, 5.74) is 6.00. The molecule has 0 bridgehead atoms. The van der Waals surface area contributed by atoms with Gasteiger partial charge in [-0.05, 0) is 14.0 Å². The summed E-state index contributed by atoms with van der Waals surface area (Å²) >= 11 is 5.82. The van der Waals surface area contributed by atoms with Gasteiger partial charge in [-0.3, -0.25) is 9.48 Å². The van der Waals surface area contributed by atoms with Crippen LogP contribution in [0.2, 0.25) is 5.02 Å². The molecular weight excluding hydrogens is 204 g/mol. The number of halogens is 1. The summed E-state index contributed by atoms with van der Waals surface area (Å²) in [6.07, 6.45) is 1.55. The Morgan fingerprint density at radius 3 is 2.86 bits per heavy atom. The number of nitrogens with one attached hydrogen (secondary N) is 1. The van der Waals surface area contributed by atoms with Crippen LogP contribution in [0.4, 0.5) is 0 Å². The second-order valence-corrected chi connectivity index (χ2v) is 3.41. The Bertz CT molecular complexity index is 336. The number of rotatable bonds is 4. The average Bonchev–Trinajstić information content (AvgIpc) is 2.44. The monoisotopic (exact) mass is 216 g/mol.